The normalized spacial score (nSPS) is 15.2. The lowest BCUT2D eigenvalue weighted by molar-refractivity contribution is 0.121. The maximum absolute atomic E-state index is 9.57. The van der Waals surface area contributed by atoms with Crippen molar-refractivity contribution in [3.05, 3.63) is 12.2 Å². The average Bonchev–Trinajstić information content (AvgIpc) is 2.62. The first-order chi connectivity index (χ1) is 7.19. The number of aliphatic hydroxyl groups is 1. The molecule has 1 aromatic rings. The second-order valence-electron chi connectivity index (χ2n) is 4.01. The van der Waals surface area contributed by atoms with Crippen molar-refractivity contribution in [3.63, 3.8) is 0 Å². The minimum absolute atomic E-state index is 0.276. The molecular formula is C11H21N3O. The lowest BCUT2D eigenvalue weighted by atomic mass is 9.96. The van der Waals surface area contributed by atoms with Gasteiger partial charge in [0, 0.05) is 13.0 Å². The minimum atomic E-state index is -0.276. The summed E-state index contributed by atoms with van der Waals surface area (Å²) in [7, 11) is 0. The Labute approximate surface area is 91.3 Å². The molecule has 0 bridgehead atoms. The molecule has 15 heavy (non-hydrogen) atoms. The van der Waals surface area contributed by atoms with Gasteiger partial charge >= 0.3 is 0 Å². The van der Waals surface area contributed by atoms with Gasteiger partial charge in [0.1, 0.15) is 12.2 Å². The summed E-state index contributed by atoms with van der Waals surface area (Å²) in [6.45, 7) is 6.97. The summed E-state index contributed by atoms with van der Waals surface area (Å²) in [6.07, 6.45) is 4.16. The van der Waals surface area contributed by atoms with E-state index in [1.54, 1.807) is 6.33 Å². The molecule has 0 saturated carbocycles. The van der Waals surface area contributed by atoms with Gasteiger partial charge in [-0.1, -0.05) is 20.3 Å². The Hall–Kier alpha value is -0.900. The Morgan fingerprint density at radius 2 is 2.20 bits per heavy atom. The van der Waals surface area contributed by atoms with E-state index in [4.69, 9.17) is 0 Å². The molecule has 0 saturated heterocycles. The monoisotopic (exact) mass is 211 g/mol. The standard InChI is InChI=1S/C11H21N3O/c1-4-6-14-11(12-8-13-14)7-10(5-2)9(3)15/h8-10,15H,4-7H2,1-3H3. The number of hydrogen-bond donors (Lipinski definition) is 1. The van der Waals surface area contributed by atoms with Crippen LogP contribution in [-0.4, -0.2) is 26.0 Å². The summed E-state index contributed by atoms with van der Waals surface area (Å²) >= 11 is 0. The molecule has 0 amide bonds. The number of aromatic nitrogens is 3. The quantitative estimate of drug-likeness (QED) is 0.778. The predicted octanol–water partition coefficient (Wildman–Crippen LogP) is 1.64. The molecule has 1 N–H and O–H groups in total. The molecule has 0 radical (unpaired) electrons. The van der Waals surface area contributed by atoms with E-state index in [0.717, 1.165) is 31.6 Å². The molecule has 0 spiro atoms. The van der Waals surface area contributed by atoms with Crippen LogP contribution in [0.1, 0.15) is 39.4 Å². The maximum atomic E-state index is 9.57. The van der Waals surface area contributed by atoms with Crippen LogP contribution in [0.25, 0.3) is 0 Å². The van der Waals surface area contributed by atoms with E-state index < -0.39 is 0 Å². The molecule has 0 aliphatic rings. The van der Waals surface area contributed by atoms with Crippen molar-refractivity contribution in [2.24, 2.45) is 5.92 Å². The number of aryl methyl sites for hydroxylation is 1. The van der Waals surface area contributed by atoms with Crippen LogP contribution in [0.2, 0.25) is 0 Å². The molecule has 1 rings (SSSR count). The van der Waals surface area contributed by atoms with Gasteiger partial charge in [0.15, 0.2) is 0 Å². The zero-order valence-electron chi connectivity index (χ0n) is 9.85. The molecule has 0 aromatic carbocycles. The second-order valence-corrected chi connectivity index (χ2v) is 4.01. The Bertz CT molecular complexity index is 283. The Kier molecular flexibility index (Phi) is 4.75. The number of aliphatic hydroxyl groups excluding tert-OH is 1. The highest BCUT2D eigenvalue weighted by atomic mass is 16.3. The van der Waals surface area contributed by atoms with Crippen molar-refractivity contribution in [2.75, 3.05) is 0 Å². The van der Waals surface area contributed by atoms with E-state index in [0.29, 0.717) is 0 Å². The smallest absolute Gasteiger partial charge is 0.138 e. The summed E-state index contributed by atoms with van der Waals surface area (Å²) in [4.78, 5) is 4.25. The third-order valence-corrected chi connectivity index (χ3v) is 2.78. The lowest BCUT2D eigenvalue weighted by Gasteiger charge is -2.17. The fourth-order valence-electron chi connectivity index (χ4n) is 1.74. The van der Waals surface area contributed by atoms with Gasteiger partial charge in [0.25, 0.3) is 0 Å². The van der Waals surface area contributed by atoms with Crippen molar-refractivity contribution in [2.45, 2.75) is 52.7 Å². The van der Waals surface area contributed by atoms with E-state index in [1.807, 2.05) is 11.6 Å². The third-order valence-electron chi connectivity index (χ3n) is 2.78. The van der Waals surface area contributed by atoms with Gasteiger partial charge in [0.05, 0.1) is 6.10 Å². The van der Waals surface area contributed by atoms with E-state index >= 15 is 0 Å². The molecule has 1 heterocycles. The zero-order valence-corrected chi connectivity index (χ0v) is 9.85. The second kappa shape index (κ2) is 5.85. The molecule has 86 valence electrons. The molecule has 0 aliphatic heterocycles. The van der Waals surface area contributed by atoms with Gasteiger partial charge in [-0.25, -0.2) is 4.98 Å². The molecule has 1 aromatic heterocycles. The van der Waals surface area contributed by atoms with Crippen molar-refractivity contribution >= 4 is 0 Å². The van der Waals surface area contributed by atoms with Crippen LogP contribution in [-0.2, 0) is 13.0 Å². The number of rotatable bonds is 6. The summed E-state index contributed by atoms with van der Waals surface area (Å²) in [5, 5.41) is 13.8. The van der Waals surface area contributed by atoms with Gasteiger partial charge in [-0.05, 0) is 19.3 Å². The fraction of sp³-hybridized carbons (Fsp3) is 0.818. The minimum Gasteiger partial charge on any atom is -0.393 e. The first kappa shape index (κ1) is 12.2. The Morgan fingerprint density at radius 3 is 2.73 bits per heavy atom. The van der Waals surface area contributed by atoms with Crippen molar-refractivity contribution in [1.29, 1.82) is 0 Å². The predicted molar refractivity (Wildman–Crippen MR) is 59.5 cm³/mol. The maximum Gasteiger partial charge on any atom is 0.138 e. The van der Waals surface area contributed by atoms with Crippen molar-refractivity contribution in [1.82, 2.24) is 14.8 Å². The molecule has 4 heteroatoms. The van der Waals surface area contributed by atoms with Crippen LogP contribution >= 0.6 is 0 Å². The zero-order chi connectivity index (χ0) is 11.3. The van der Waals surface area contributed by atoms with Gasteiger partial charge in [0.2, 0.25) is 0 Å². The van der Waals surface area contributed by atoms with Gasteiger partial charge in [-0.2, -0.15) is 5.10 Å². The summed E-state index contributed by atoms with van der Waals surface area (Å²) in [5.74, 6) is 1.27. The van der Waals surface area contributed by atoms with Gasteiger partial charge in [-0.15, -0.1) is 0 Å². The summed E-state index contributed by atoms with van der Waals surface area (Å²) in [5.41, 5.74) is 0. The van der Waals surface area contributed by atoms with Crippen LogP contribution < -0.4 is 0 Å². The first-order valence-corrected chi connectivity index (χ1v) is 5.73. The van der Waals surface area contributed by atoms with E-state index in [2.05, 4.69) is 23.9 Å². The van der Waals surface area contributed by atoms with Crippen LogP contribution in [0, 0.1) is 5.92 Å². The fourth-order valence-corrected chi connectivity index (χ4v) is 1.74. The number of nitrogens with zero attached hydrogens (tertiary/aromatic N) is 3. The molecular weight excluding hydrogens is 190 g/mol. The van der Waals surface area contributed by atoms with Crippen LogP contribution in [0.4, 0.5) is 0 Å². The van der Waals surface area contributed by atoms with Crippen LogP contribution in [0.5, 0.6) is 0 Å². The average molecular weight is 211 g/mol. The van der Waals surface area contributed by atoms with Crippen molar-refractivity contribution in [3.8, 4) is 0 Å². The highest BCUT2D eigenvalue weighted by Gasteiger charge is 2.16. The largest absolute Gasteiger partial charge is 0.393 e. The topological polar surface area (TPSA) is 50.9 Å². The summed E-state index contributed by atoms with van der Waals surface area (Å²) < 4.78 is 1.94. The highest BCUT2D eigenvalue weighted by Crippen LogP contribution is 2.14. The molecule has 2 unspecified atom stereocenters. The Morgan fingerprint density at radius 1 is 1.47 bits per heavy atom. The highest BCUT2D eigenvalue weighted by molar-refractivity contribution is 4.88. The lowest BCUT2D eigenvalue weighted by Crippen LogP contribution is -2.20. The van der Waals surface area contributed by atoms with E-state index in [1.165, 1.54) is 0 Å². The molecule has 2 atom stereocenters. The Balaban J connectivity index is 2.65. The molecule has 0 fully saturated rings. The van der Waals surface area contributed by atoms with Gasteiger partial charge < -0.3 is 5.11 Å². The summed E-state index contributed by atoms with van der Waals surface area (Å²) in [6, 6.07) is 0. The van der Waals surface area contributed by atoms with Gasteiger partial charge in [-0.3, -0.25) is 4.68 Å². The molecule has 4 nitrogen and oxygen atoms in total. The van der Waals surface area contributed by atoms with E-state index in [-0.39, 0.29) is 12.0 Å². The SMILES string of the molecule is CCCn1ncnc1CC(CC)C(C)O. The third kappa shape index (κ3) is 3.30. The molecule has 0 aliphatic carbocycles. The number of hydrogen-bond acceptors (Lipinski definition) is 3. The van der Waals surface area contributed by atoms with E-state index in [9.17, 15) is 5.11 Å². The van der Waals surface area contributed by atoms with Crippen LogP contribution in [0.3, 0.4) is 0 Å². The van der Waals surface area contributed by atoms with Crippen LogP contribution in [0.15, 0.2) is 6.33 Å². The van der Waals surface area contributed by atoms with Crippen molar-refractivity contribution < 1.29 is 5.11 Å². The first-order valence-electron chi connectivity index (χ1n) is 5.73.